The van der Waals surface area contributed by atoms with Gasteiger partial charge in [0.25, 0.3) is 5.91 Å². The smallest absolute Gasteiger partial charge is 0.317 e. The highest BCUT2D eigenvalue weighted by Gasteiger charge is 2.25. The molecule has 0 aliphatic carbocycles. The van der Waals surface area contributed by atoms with Gasteiger partial charge in [-0.1, -0.05) is 31.2 Å². The molecule has 3 amide bonds. The zero-order chi connectivity index (χ0) is 22.0. The van der Waals surface area contributed by atoms with Crippen molar-refractivity contribution in [2.75, 3.05) is 6.54 Å². The topological polar surface area (TPSA) is 92.2 Å². The molecule has 1 atom stereocenters. The fraction of sp³-hybridized carbons (Fsp3) is 0.545. The Bertz CT molecular complexity index is 934. The second-order valence-corrected chi connectivity index (χ2v) is 8.63. The molecule has 30 heavy (non-hydrogen) atoms. The quantitative estimate of drug-likeness (QED) is 0.790. The van der Waals surface area contributed by atoms with Gasteiger partial charge in [0, 0.05) is 25.2 Å². The fourth-order valence-electron chi connectivity index (χ4n) is 3.51. The summed E-state index contributed by atoms with van der Waals surface area (Å²) in [6, 6.07) is 6.09. The van der Waals surface area contributed by atoms with Crippen LogP contribution in [0.4, 0.5) is 4.79 Å². The number of carbonyl (C=O) groups excluding carboxylic acids is 2. The van der Waals surface area contributed by atoms with Crippen molar-refractivity contribution in [2.45, 2.75) is 66.6 Å². The van der Waals surface area contributed by atoms with Gasteiger partial charge in [0.2, 0.25) is 0 Å². The Labute approximate surface area is 178 Å². The van der Waals surface area contributed by atoms with E-state index in [1.54, 1.807) is 4.68 Å². The van der Waals surface area contributed by atoms with Crippen LogP contribution in [0, 0.1) is 12.8 Å². The molecule has 3 rings (SSSR count). The number of rotatable bonds is 5. The lowest BCUT2D eigenvalue weighted by molar-refractivity contribution is 0.0924. The third-order valence-electron chi connectivity index (χ3n) is 5.64. The lowest BCUT2D eigenvalue weighted by atomic mass is 9.97. The van der Waals surface area contributed by atoms with Crippen LogP contribution in [0.1, 0.15) is 61.9 Å². The number of urea groups is 1. The van der Waals surface area contributed by atoms with Gasteiger partial charge in [-0.25, -0.2) is 9.48 Å². The molecule has 162 valence electrons. The van der Waals surface area contributed by atoms with Crippen molar-refractivity contribution >= 4 is 11.9 Å². The van der Waals surface area contributed by atoms with Gasteiger partial charge in [-0.2, -0.15) is 0 Å². The molecule has 1 aromatic heterocycles. The van der Waals surface area contributed by atoms with Crippen molar-refractivity contribution in [2.24, 2.45) is 5.92 Å². The van der Waals surface area contributed by atoms with Crippen molar-refractivity contribution in [1.29, 1.82) is 0 Å². The van der Waals surface area contributed by atoms with E-state index >= 15 is 0 Å². The highest BCUT2D eigenvalue weighted by atomic mass is 16.2. The summed E-state index contributed by atoms with van der Waals surface area (Å²) < 4.78 is 1.73. The predicted molar refractivity (Wildman–Crippen MR) is 116 cm³/mol. The zero-order valence-electron chi connectivity index (χ0n) is 18.7. The normalized spacial score (nSPS) is 14.6. The summed E-state index contributed by atoms with van der Waals surface area (Å²) in [6.45, 7) is 13.1. The highest BCUT2D eigenvalue weighted by molar-refractivity contribution is 5.93. The van der Waals surface area contributed by atoms with E-state index in [1.165, 1.54) is 0 Å². The van der Waals surface area contributed by atoms with Crippen LogP contribution in [-0.2, 0) is 13.0 Å². The van der Waals surface area contributed by atoms with Crippen LogP contribution in [0.25, 0.3) is 5.69 Å². The summed E-state index contributed by atoms with van der Waals surface area (Å²) in [4.78, 5) is 26.9. The first-order chi connectivity index (χ1) is 14.2. The molecule has 1 aliphatic rings. The van der Waals surface area contributed by atoms with E-state index < -0.39 is 0 Å². The van der Waals surface area contributed by atoms with Crippen LogP contribution < -0.4 is 10.6 Å². The van der Waals surface area contributed by atoms with Crippen LogP contribution in [-0.4, -0.2) is 50.5 Å². The van der Waals surface area contributed by atoms with E-state index in [1.807, 2.05) is 50.8 Å². The Kier molecular flexibility index (Phi) is 6.43. The van der Waals surface area contributed by atoms with Gasteiger partial charge in [0.05, 0.1) is 11.4 Å². The lowest BCUT2D eigenvalue weighted by Gasteiger charge is -2.30. The number of hydrogen-bond donors (Lipinski definition) is 2. The maximum atomic E-state index is 12.6. The maximum Gasteiger partial charge on any atom is 0.317 e. The van der Waals surface area contributed by atoms with Crippen LogP contribution in [0.2, 0.25) is 0 Å². The van der Waals surface area contributed by atoms with Crippen LogP contribution in [0.5, 0.6) is 0 Å². The molecular weight excluding hydrogens is 380 g/mol. The second kappa shape index (κ2) is 8.85. The lowest BCUT2D eigenvalue weighted by Crippen LogP contribution is -2.45. The third kappa shape index (κ3) is 4.47. The summed E-state index contributed by atoms with van der Waals surface area (Å²) in [5.74, 6) is 0.127. The minimum atomic E-state index is -0.207. The molecule has 0 fully saturated rings. The van der Waals surface area contributed by atoms with E-state index in [4.69, 9.17) is 0 Å². The zero-order valence-corrected chi connectivity index (χ0v) is 18.7. The predicted octanol–water partition coefficient (Wildman–Crippen LogP) is 2.83. The summed E-state index contributed by atoms with van der Waals surface area (Å²) in [7, 11) is 0. The number of amides is 3. The van der Waals surface area contributed by atoms with Gasteiger partial charge in [-0.05, 0) is 57.2 Å². The van der Waals surface area contributed by atoms with Gasteiger partial charge in [0.15, 0.2) is 5.69 Å². The van der Waals surface area contributed by atoms with E-state index in [0.717, 1.165) is 23.2 Å². The second-order valence-electron chi connectivity index (χ2n) is 8.63. The minimum absolute atomic E-state index is 0.0452. The Morgan fingerprint density at radius 2 is 1.83 bits per heavy atom. The molecule has 1 unspecified atom stereocenters. The minimum Gasteiger partial charge on any atom is -0.348 e. The van der Waals surface area contributed by atoms with E-state index in [0.29, 0.717) is 30.4 Å². The van der Waals surface area contributed by atoms with Gasteiger partial charge in [-0.3, -0.25) is 4.79 Å². The first-order valence-electron chi connectivity index (χ1n) is 10.6. The molecule has 1 aliphatic heterocycles. The van der Waals surface area contributed by atoms with E-state index in [9.17, 15) is 9.59 Å². The molecule has 0 saturated carbocycles. The SMILES string of the molecule is Cc1c(C(=O)NC(C)C(C)C)nnn1-c1cccc2c1CCN(C(=O)NC(C)C)C2. The molecule has 0 bridgehead atoms. The number of fused-ring (bicyclic) bond motifs is 1. The van der Waals surface area contributed by atoms with E-state index in [-0.39, 0.29) is 24.0 Å². The molecule has 2 heterocycles. The molecule has 0 saturated heterocycles. The molecule has 0 spiro atoms. The summed E-state index contributed by atoms with van der Waals surface area (Å²) in [6.07, 6.45) is 0.724. The standard InChI is InChI=1S/C22H32N6O2/c1-13(2)15(5)24-21(29)20-16(6)28(26-25-20)19-9-7-8-17-12-27(11-10-18(17)19)22(30)23-14(3)4/h7-9,13-15H,10-12H2,1-6H3,(H,23,30)(H,24,29). The first-order valence-corrected chi connectivity index (χ1v) is 10.6. The fourth-order valence-corrected chi connectivity index (χ4v) is 3.51. The number of benzene rings is 1. The average molecular weight is 413 g/mol. The molecule has 0 radical (unpaired) electrons. The van der Waals surface area contributed by atoms with Crippen LogP contribution in [0.15, 0.2) is 18.2 Å². The first kappa shape index (κ1) is 21.8. The van der Waals surface area contributed by atoms with Crippen molar-refractivity contribution in [3.8, 4) is 5.69 Å². The average Bonchev–Trinajstić information content (AvgIpc) is 3.07. The summed E-state index contributed by atoms with van der Waals surface area (Å²) >= 11 is 0. The monoisotopic (exact) mass is 412 g/mol. The van der Waals surface area contributed by atoms with Crippen molar-refractivity contribution in [3.63, 3.8) is 0 Å². The van der Waals surface area contributed by atoms with Crippen LogP contribution >= 0.6 is 0 Å². The molecule has 8 heteroatoms. The third-order valence-corrected chi connectivity index (χ3v) is 5.64. The Morgan fingerprint density at radius 3 is 2.50 bits per heavy atom. The molecule has 2 N–H and O–H groups in total. The molecule has 1 aromatic carbocycles. The van der Waals surface area contributed by atoms with Crippen molar-refractivity contribution < 1.29 is 9.59 Å². The summed E-state index contributed by atoms with van der Waals surface area (Å²) in [5.41, 5.74) is 4.19. The largest absolute Gasteiger partial charge is 0.348 e. The van der Waals surface area contributed by atoms with Crippen molar-refractivity contribution in [1.82, 2.24) is 30.5 Å². The Balaban J connectivity index is 1.85. The van der Waals surface area contributed by atoms with Gasteiger partial charge < -0.3 is 15.5 Å². The highest BCUT2D eigenvalue weighted by Crippen LogP contribution is 2.26. The van der Waals surface area contributed by atoms with Gasteiger partial charge in [0.1, 0.15) is 0 Å². The Morgan fingerprint density at radius 1 is 1.10 bits per heavy atom. The number of aromatic nitrogens is 3. The molecule has 2 aromatic rings. The van der Waals surface area contributed by atoms with Gasteiger partial charge >= 0.3 is 6.03 Å². The van der Waals surface area contributed by atoms with Crippen LogP contribution in [0.3, 0.4) is 0 Å². The summed E-state index contributed by atoms with van der Waals surface area (Å²) in [5, 5.41) is 14.4. The number of nitrogens with one attached hydrogen (secondary N) is 2. The maximum absolute atomic E-state index is 12.6. The van der Waals surface area contributed by atoms with E-state index in [2.05, 4.69) is 34.8 Å². The van der Waals surface area contributed by atoms with Crippen molar-refractivity contribution in [3.05, 3.63) is 40.7 Å². The number of nitrogens with zero attached hydrogens (tertiary/aromatic N) is 4. The molecule has 8 nitrogen and oxygen atoms in total. The number of hydrogen-bond acceptors (Lipinski definition) is 4. The number of carbonyl (C=O) groups is 2. The Hall–Kier alpha value is -2.90. The van der Waals surface area contributed by atoms with Gasteiger partial charge in [-0.15, -0.1) is 5.10 Å². The molecular formula is C22H32N6O2.